The SMILES string of the molecule is CN(C)CCc1ccc(-c2cc3cc(Br)ccc3nc2OCc2cccc3ccccc23)cc1. The Hall–Kier alpha value is -3.21. The summed E-state index contributed by atoms with van der Waals surface area (Å²) in [5.74, 6) is 0.656. The van der Waals surface area contributed by atoms with Gasteiger partial charge in [-0.2, -0.15) is 0 Å². The summed E-state index contributed by atoms with van der Waals surface area (Å²) in [5.41, 5.74) is 5.51. The summed E-state index contributed by atoms with van der Waals surface area (Å²) >= 11 is 3.59. The van der Waals surface area contributed by atoms with E-state index in [2.05, 4.69) is 114 Å². The second-order valence-electron chi connectivity index (χ2n) is 8.86. The van der Waals surface area contributed by atoms with Gasteiger partial charge in [-0.15, -0.1) is 0 Å². The normalized spacial score (nSPS) is 11.4. The Balaban J connectivity index is 1.51. The first-order valence-corrected chi connectivity index (χ1v) is 12.3. The molecule has 1 aromatic heterocycles. The molecule has 0 N–H and O–H groups in total. The Morgan fingerprint density at radius 1 is 0.824 bits per heavy atom. The van der Waals surface area contributed by atoms with Gasteiger partial charge in [0.2, 0.25) is 5.88 Å². The number of nitrogens with zero attached hydrogens (tertiary/aromatic N) is 2. The predicted molar refractivity (Wildman–Crippen MR) is 145 cm³/mol. The van der Waals surface area contributed by atoms with Crippen molar-refractivity contribution in [3.8, 4) is 17.0 Å². The second kappa shape index (κ2) is 9.96. The highest BCUT2D eigenvalue weighted by Gasteiger charge is 2.13. The van der Waals surface area contributed by atoms with Crippen molar-refractivity contribution in [3.63, 3.8) is 0 Å². The number of pyridine rings is 1. The van der Waals surface area contributed by atoms with Crippen molar-refractivity contribution in [2.45, 2.75) is 13.0 Å². The summed E-state index contributed by atoms with van der Waals surface area (Å²) in [5, 5.41) is 3.51. The number of ether oxygens (including phenoxy) is 1. The number of benzene rings is 4. The van der Waals surface area contributed by atoms with Crippen molar-refractivity contribution in [3.05, 3.63) is 107 Å². The van der Waals surface area contributed by atoms with E-state index in [0.29, 0.717) is 12.5 Å². The van der Waals surface area contributed by atoms with E-state index in [9.17, 15) is 0 Å². The molecule has 0 saturated heterocycles. The topological polar surface area (TPSA) is 25.4 Å². The third-order valence-corrected chi connectivity index (χ3v) is 6.59. The molecule has 4 heteroatoms. The van der Waals surface area contributed by atoms with Crippen LogP contribution in [-0.4, -0.2) is 30.5 Å². The first-order chi connectivity index (χ1) is 16.6. The third kappa shape index (κ3) is 4.98. The van der Waals surface area contributed by atoms with Gasteiger partial charge in [0.1, 0.15) is 6.61 Å². The van der Waals surface area contributed by atoms with Gasteiger partial charge in [-0.3, -0.25) is 0 Å². The molecule has 1 heterocycles. The maximum absolute atomic E-state index is 6.40. The largest absolute Gasteiger partial charge is 0.472 e. The minimum atomic E-state index is 0.463. The second-order valence-corrected chi connectivity index (χ2v) is 9.77. The fourth-order valence-electron chi connectivity index (χ4n) is 4.21. The summed E-state index contributed by atoms with van der Waals surface area (Å²) in [6.45, 7) is 1.49. The molecule has 34 heavy (non-hydrogen) atoms. The molecule has 0 saturated carbocycles. The van der Waals surface area contributed by atoms with Crippen LogP contribution in [0, 0.1) is 0 Å². The van der Waals surface area contributed by atoms with E-state index in [1.165, 1.54) is 16.3 Å². The highest BCUT2D eigenvalue weighted by atomic mass is 79.9. The van der Waals surface area contributed by atoms with Crippen molar-refractivity contribution in [1.82, 2.24) is 9.88 Å². The van der Waals surface area contributed by atoms with E-state index in [1.807, 2.05) is 12.1 Å². The number of aromatic nitrogens is 1. The van der Waals surface area contributed by atoms with Gasteiger partial charge in [-0.25, -0.2) is 4.98 Å². The number of hydrogen-bond acceptors (Lipinski definition) is 3. The van der Waals surface area contributed by atoms with Crippen LogP contribution in [0.1, 0.15) is 11.1 Å². The number of halogens is 1. The number of fused-ring (bicyclic) bond motifs is 2. The summed E-state index contributed by atoms with van der Waals surface area (Å²) in [6, 6.07) is 31.9. The van der Waals surface area contributed by atoms with E-state index < -0.39 is 0 Å². The molecule has 0 unspecified atom stereocenters. The quantitative estimate of drug-likeness (QED) is 0.226. The standard InChI is InChI=1S/C30H27BrN2O/c1-33(2)17-16-21-10-12-23(13-11-21)28-19-25-18-26(31)14-15-29(25)32-30(28)34-20-24-8-5-7-22-6-3-4-9-27(22)24/h3-15,18-19H,16-17,20H2,1-2H3. The molecule has 4 aromatic carbocycles. The molecule has 0 spiro atoms. The van der Waals surface area contributed by atoms with Crippen LogP contribution in [0.4, 0.5) is 0 Å². The van der Waals surface area contributed by atoms with Gasteiger partial charge in [0.05, 0.1) is 5.52 Å². The number of hydrogen-bond donors (Lipinski definition) is 0. The Morgan fingerprint density at radius 2 is 1.62 bits per heavy atom. The van der Waals surface area contributed by atoms with Gasteiger partial charge in [-0.1, -0.05) is 82.7 Å². The van der Waals surface area contributed by atoms with Gasteiger partial charge in [0.25, 0.3) is 0 Å². The molecular weight excluding hydrogens is 484 g/mol. The Bertz CT molecular complexity index is 1440. The fraction of sp³-hybridized carbons (Fsp3) is 0.167. The van der Waals surface area contributed by atoms with Gasteiger partial charge in [0, 0.05) is 22.0 Å². The van der Waals surface area contributed by atoms with Crippen LogP contribution < -0.4 is 4.74 Å². The van der Waals surface area contributed by atoms with E-state index in [1.54, 1.807) is 0 Å². The van der Waals surface area contributed by atoms with Crippen LogP contribution in [0.2, 0.25) is 0 Å². The molecular formula is C30H27BrN2O. The number of rotatable bonds is 7. The predicted octanol–water partition coefficient (Wildman–Crippen LogP) is 7.50. The molecule has 0 fully saturated rings. The van der Waals surface area contributed by atoms with Gasteiger partial charge in [-0.05, 0) is 72.2 Å². The van der Waals surface area contributed by atoms with Crippen LogP contribution in [0.5, 0.6) is 5.88 Å². The molecule has 0 aliphatic rings. The zero-order chi connectivity index (χ0) is 23.5. The Kier molecular flexibility index (Phi) is 6.61. The van der Waals surface area contributed by atoms with Crippen molar-refractivity contribution < 1.29 is 4.74 Å². The first-order valence-electron chi connectivity index (χ1n) is 11.5. The van der Waals surface area contributed by atoms with Gasteiger partial charge < -0.3 is 9.64 Å². The van der Waals surface area contributed by atoms with Crippen molar-refractivity contribution in [1.29, 1.82) is 0 Å². The van der Waals surface area contributed by atoms with Crippen LogP contribution in [0.3, 0.4) is 0 Å². The Morgan fingerprint density at radius 3 is 2.44 bits per heavy atom. The molecule has 0 aliphatic heterocycles. The summed E-state index contributed by atoms with van der Waals surface area (Å²) in [4.78, 5) is 7.13. The molecule has 0 aliphatic carbocycles. The molecule has 0 amide bonds. The lowest BCUT2D eigenvalue weighted by atomic mass is 10.0. The molecule has 0 atom stereocenters. The highest BCUT2D eigenvalue weighted by molar-refractivity contribution is 9.10. The van der Waals surface area contributed by atoms with Crippen LogP contribution in [0.25, 0.3) is 32.8 Å². The van der Waals surface area contributed by atoms with E-state index in [4.69, 9.17) is 9.72 Å². The average molecular weight is 511 g/mol. The molecule has 170 valence electrons. The molecule has 5 aromatic rings. The molecule has 0 bridgehead atoms. The molecule has 5 rings (SSSR count). The smallest absolute Gasteiger partial charge is 0.222 e. The van der Waals surface area contributed by atoms with E-state index in [0.717, 1.165) is 45.0 Å². The lowest BCUT2D eigenvalue weighted by Crippen LogP contribution is -2.14. The maximum Gasteiger partial charge on any atom is 0.222 e. The van der Waals surface area contributed by atoms with Crippen molar-refractivity contribution in [2.75, 3.05) is 20.6 Å². The van der Waals surface area contributed by atoms with Gasteiger partial charge in [0.15, 0.2) is 0 Å². The maximum atomic E-state index is 6.40. The Labute approximate surface area is 209 Å². The van der Waals surface area contributed by atoms with Crippen LogP contribution >= 0.6 is 15.9 Å². The zero-order valence-electron chi connectivity index (χ0n) is 19.5. The molecule has 0 radical (unpaired) electrons. The fourth-order valence-corrected chi connectivity index (χ4v) is 4.59. The van der Waals surface area contributed by atoms with Crippen molar-refractivity contribution >= 4 is 37.6 Å². The summed E-state index contributed by atoms with van der Waals surface area (Å²) < 4.78 is 7.44. The minimum absolute atomic E-state index is 0.463. The first kappa shape index (κ1) is 22.6. The highest BCUT2D eigenvalue weighted by Crippen LogP contribution is 2.34. The summed E-state index contributed by atoms with van der Waals surface area (Å²) in [7, 11) is 4.21. The minimum Gasteiger partial charge on any atom is -0.472 e. The number of likely N-dealkylation sites (N-methyl/N-ethyl adjacent to an activating group) is 1. The lowest BCUT2D eigenvalue weighted by molar-refractivity contribution is 0.298. The van der Waals surface area contributed by atoms with Crippen molar-refractivity contribution in [2.24, 2.45) is 0 Å². The third-order valence-electron chi connectivity index (χ3n) is 6.10. The molecule has 3 nitrogen and oxygen atoms in total. The van der Waals surface area contributed by atoms with Gasteiger partial charge >= 0.3 is 0 Å². The average Bonchev–Trinajstić information content (AvgIpc) is 2.86. The van der Waals surface area contributed by atoms with Crippen LogP contribution in [-0.2, 0) is 13.0 Å². The van der Waals surface area contributed by atoms with Crippen LogP contribution in [0.15, 0.2) is 95.5 Å². The monoisotopic (exact) mass is 510 g/mol. The lowest BCUT2D eigenvalue weighted by Gasteiger charge is -2.14. The van der Waals surface area contributed by atoms with E-state index in [-0.39, 0.29) is 0 Å². The van der Waals surface area contributed by atoms with E-state index >= 15 is 0 Å². The summed E-state index contributed by atoms with van der Waals surface area (Å²) in [6.07, 6.45) is 1.03. The zero-order valence-corrected chi connectivity index (χ0v) is 21.0.